The van der Waals surface area contributed by atoms with E-state index in [4.69, 9.17) is 0 Å². The van der Waals surface area contributed by atoms with Crippen molar-refractivity contribution in [1.29, 1.82) is 0 Å². The quantitative estimate of drug-likeness (QED) is 0.550. The largest absolute Gasteiger partial charge is 0.233 e. The van der Waals surface area contributed by atoms with Gasteiger partial charge in [-0.3, -0.25) is 0 Å². The summed E-state index contributed by atoms with van der Waals surface area (Å²) in [5, 5.41) is 8.78. The Morgan fingerprint density at radius 1 is 0.960 bits per heavy atom. The predicted octanol–water partition coefficient (Wildman–Crippen LogP) is 5.86. The molecule has 3 rings (SSSR count). The number of azo groups is 1. The summed E-state index contributed by atoms with van der Waals surface area (Å²) < 4.78 is 0. The molecule has 0 saturated carbocycles. The molecule has 25 heavy (non-hydrogen) atoms. The lowest BCUT2D eigenvalue weighted by atomic mass is 10.1. The second-order valence-electron chi connectivity index (χ2n) is 6.01. The SMILES string of the molecule is CCc1ccc(C(C)N=Nc2cc(-c3ccccc3)nc(C)n2)cc1. The Kier molecular flexibility index (Phi) is 5.29. The van der Waals surface area contributed by atoms with Gasteiger partial charge in [-0.05, 0) is 31.4 Å². The van der Waals surface area contributed by atoms with Crippen molar-refractivity contribution in [3.63, 3.8) is 0 Å². The summed E-state index contributed by atoms with van der Waals surface area (Å²) in [6, 6.07) is 20.4. The number of rotatable bonds is 5. The van der Waals surface area contributed by atoms with Crippen molar-refractivity contribution in [3.8, 4) is 11.3 Å². The molecule has 0 bridgehead atoms. The van der Waals surface area contributed by atoms with E-state index in [9.17, 15) is 0 Å². The second kappa shape index (κ2) is 7.79. The van der Waals surface area contributed by atoms with E-state index in [-0.39, 0.29) is 6.04 Å². The van der Waals surface area contributed by atoms with Crippen molar-refractivity contribution >= 4 is 5.82 Å². The van der Waals surface area contributed by atoms with E-state index in [0.717, 1.165) is 23.2 Å². The third-order valence-corrected chi connectivity index (χ3v) is 4.10. The van der Waals surface area contributed by atoms with Gasteiger partial charge >= 0.3 is 0 Å². The fraction of sp³-hybridized carbons (Fsp3) is 0.238. The van der Waals surface area contributed by atoms with Gasteiger partial charge in [-0.15, -0.1) is 5.11 Å². The Bertz CT molecular complexity index is 855. The lowest BCUT2D eigenvalue weighted by Gasteiger charge is -2.07. The van der Waals surface area contributed by atoms with Gasteiger partial charge in [0.15, 0.2) is 5.82 Å². The molecule has 0 aliphatic rings. The highest BCUT2D eigenvalue weighted by molar-refractivity contribution is 5.61. The second-order valence-corrected chi connectivity index (χ2v) is 6.01. The molecule has 0 aliphatic heterocycles. The lowest BCUT2D eigenvalue weighted by Crippen LogP contribution is -1.92. The number of benzene rings is 2. The molecule has 0 N–H and O–H groups in total. The third kappa shape index (κ3) is 4.35. The summed E-state index contributed by atoms with van der Waals surface area (Å²) in [7, 11) is 0. The summed E-state index contributed by atoms with van der Waals surface area (Å²) in [6.07, 6.45) is 1.04. The summed E-state index contributed by atoms with van der Waals surface area (Å²) in [4.78, 5) is 8.88. The highest BCUT2D eigenvalue weighted by atomic mass is 15.2. The Labute approximate surface area is 148 Å². The minimum atomic E-state index is -0.0126. The van der Waals surface area contributed by atoms with Crippen LogP contribution in [0.15, 0.2) is 70.9 Å². The highest BCUT2D eigenvalue weighted by Gasteiger charge is 2.06. The van der Waals surface area contributed by atoms with Crippen LogP contribution in [0, 0.1) is 6.92 Å². The molecule has 4 heteroatoms. The van der Waals surface area contributed by atoms with Crippen LogP contribution < -0.4 is 0 Å². The summed E-state index contributed by atoms with van der Waals surface area (Å²) in [6.45, 7) is 6.06. The monoisotopic (exact) mass is 330 g/mol. The maximum atomic E-state index is 4.50. The number of hydrogen-bond donors (Lipinski definition) is 0. The molecular weight excluding hydrogens is 308 g/mol. The van der Waals surface area contributed by atoms with Gasteiger partial charge in [0.1, 0.15) is 5.82 Å². The van der Waals surface area contributed by atoms with Crippen LogP contribution in [-0.4, -0.2) is 9.97 Å². The summed E-state index contributed by atoms with van der Waals surface area (Å²) in [5.41, 5.74) is 4.39. The van der Waals surface area contributed by atoms with Crippen LogP contribution in [0.2, 0.25) is 0 Å². The molecule has 0 amide bonds. The number of hydrogen-bond acceptors (Lipinski definition) is 4. The lowest BCUT2D eigenvalue weighted by molar-refractivity contribution is 0.758. The molecule has 0 spiro atoms. The third-order valence-electron chi connectivity index (χ3n) is 4.10. The van der Waals surface area contributed by atoms with Gasteiger partial charge in [0.2, 0.25) is 0 Å². The average molecular weight is 330 g/mol. The number of aromatic nitrogens is 2. The molecule has 4 nitrogen and oxygen atoms in total. The standard InChI is InChI=1S/C21H22N4/c1-4-17-10-12-18(13-11-17)15(2)24-25-21-14-20(22-16(3)23-21)19-8-6-5-7-9-19/h5-15H,4H2,1-3H3. The highest BCUT2D eigenvalue weighted by Crippen LogP contribution is 2.23. The van der Waals surface area contributed by atoms with Crippen LogP contribution in [-0.2, 0) is 6.42 Å². The molecule has 0 fully saturated rings. The van der Waals surface area contributed by atoms with Crippen molar-refractivity contribution < 1.29 is 0 Å². The van der Waals surface area contributed by atoms with Crippen molar-refractivity contribution in [2.24, 2.45) is 10.2 Å². The fourth-order valence-corrected chi connectivity index (χ4v) is 2.60. The van der Waals surface area contributed by atoms with E-state index < -0.39 is 0 Å². The van der Waals surface area contributed by atoms with Gasteiger partial charge in [0.05, 0.1) is 11.7 Å². The molecular formula is C21H22N4. The van der Waals surface area contributed by atoms with E-state index in [1.165, 1.54) is 5.56 Å². The van der Waals surface area contributed by atoms with Crippen LogP contribution in [0.25, 0.3) is 11.3 Å². The van der Waals surface area contributed by atoms with Gasteiger partial charge in [0.25, 0.3) is 0 Å². The first-order chi connectivity index (χ1) is 12.2. The molecule has 1 atom stereocenters. The van der Waals surface area contributed by atoms with E-state index in [1.54, 1.807) is 0 Å². The van der Waals surface area contributed by atoms with Crippen LogP contribution in [0.1, 0.15) is 36.8 Å². The van der Waals surface area contributed by atoms with Crippen LogP contribution in [0.4, 0.5) is 5.82 Å². The number of aryl methyl sites for hydroxylation is 2. The maximum Gasteiger partial charge on any atom is 0.177 e. The molecule has 1 unspecified atom stereocenters. The fourth-order valence-electron chi connectivity index (χ4n) is 2.60. The maximum absolute atomic E-state index is 4.50. The molecule has 0 radical (unpaired) electrons. The Morgan fingerprint density at radius 2 is 1.68 bits per heavy atom. The Hall–Kier alpha value is -2.88. The molecule has 3 aromatic rings. The van der Waals surface area contributed by atoms with Crippen molar-refractivity contribution in [2.75, 3.05) is 0 Å². The van der Waals surface area contributed by atoms with Crippen LogP contribution in [0.5, 0.6) is 0 Å². The van der Waals surface area contributed by atoms with E-state index in [2.05, 4.69) is 51.4 Å². The Morgan fingerprint density at radius 3 is 2.36 bits per heavy atom. The topological polar surface area (TPSA) is 50.5 Å². The average Bonchev–Trinajstić information content (AvgIpc) is 2.66. The van der Waals surface area contributed by atoms with Gasteiger partial charge in [-0.25, -0.2) is 9.97 Å². The van der Waals surface area contributed by atoms with E-state index in [0.29, 0.717) is 11.6 Å². The van der Waals surface area contributed by atoms with E-state index in [1.807, 2.05) is 50.2 Å². The first kappa shape index (κ1) is 17.0. The first-order valence-electron chi connectivity index (χ1n) is 8.56. The minimum absolute atomic E-state index is 0.0126. The summed E-state index contributed by atoms with van der Waals surface area (Å²) in [5.74, 6) is 1.28. The van der Waals surface area contributed by atoms with Crippen LogP contribution >= 0.6 is 0 Å². The van der Waals surface area contributed by atoms with Gasteiger partial charge in [-0.2, -0.15) is 5.11 Å². The number of nitrogens with zero attached hydrogens (tertiary/aromatic N) is 4. The van der Waals surface area contributed by atoms with Crippen molar-refractivity contribution in [3.05, 3.63) is 77.6 Å². The van der Waals surface area contributed by atoms with Gasteiger partial charge in [-0.1, -0.05) is 61.5 Å². The molecule has 1 heterocycles. The molecule has 0 saturated heterocycles. The Balaban J connectivity index is 1.81. The zero-order chi connectivity index (χ0) is 17.6. The normalized spacial score (nSPS) is 12.4. The molecule has 0 aliphatic carbocycles. The van der Waals surface area contributed by atoms with Crippen molar-refractivity contribution in [2.45, 2.75) is 33.2 Å². The smallest absolute Gasteiger partial charge is 0.177 e. The first-order valence-corrected chi connectivity index (χ1v) is 8.56. The predicted molar refractivity (Wildman–Crippen MR) is 101 cm³/mol. The van der Waals surface area contributed by atoms with Gasteiger partial charge in [0, 0.05) is 11.6 Å². The van der Waals surface area contributed by atoms with Crippen molar-refractivity contribution in [1.82, 2.24) is 9.97 Å². The minimum Gasteiger partial charge on any atom is -0.233 e. The zero-order valence-electron chi connectivity index (χ0n) is 14.8. The molecule has 2 aromatic carbocycles. The molecule has 126 valence electrons. The molecule has 1 aromatic heterocycles. The van der Waals surface area contributed by atoms with Gasteiger partial charge < -0.3 is 0 Å². The van der Waals surface area contributed by atoms with E-state index >= 15 is 0 Å². The zero-order valence-corrected chi connectivity index (χ0v) is 14.8. The van der Waals surface area contributed by atoms with Crippen LogP contribution in [0.3, 0.4) is 0 Å². The summed E-state index contributed by atoms with van der Waals surface area (Å²) >= 11 is 0.